The molecule has 2 heterocycles. The van der Waals surface area contributed by atoms with Crippen molar-refractivity contribution in [2.75, 3.05) is 11.1 Å². The predicted molar refractivity (Wildman–Crippen MR) is 71.1 cm³/mol. The van der Waals surface area contributed by atoms with Crippen molar-refractivity contribution in [3.63, 3.8) is 0 Å². The molecule has 96 valence electrons. The van der Waals surface area contributed by atoms with E-state index >= 15 is 0 Å². The van der Waals surface area contributed by atoms with Crippen LogP contribution in [0.3, 0.4) is 0 Å². The number of H-pyrrole nitrogens is 1. The normalized spacial score (nSPS) is 22.4. The quantitative estimate of drug-likeness (QED) is 0.753. The van der Waals surface area contributed by atoms with Crippen LogP contribution in [0.15, 0.2) is 6.20 Å². The van der Waals surface area contributed by atoms with Crippen molar-refractivity contribution in [1.82, 2.24) is 20.2 Å². The van der Waals surface area contributed by atoms with Crippen molar-refractivity contribution in [2.24, 2.45) is 5.41 Å². The largest absolute Gasteiger partial charge is 0.368 e. The summed E-state index contributed by atoms with van der Waals surface area (Å²) in [5, 5.41) is 11.2. The highest BCUT2D eigenvalue weighted by molar-refractivity contribution is 5.86. The summed E-state index contributed by atoms with van der Waals surface area (Å²) in [7, 11) is 0. The number of rotatable bonds is 2. The maximum absolute atomic E-state index is 5.72. The van der Waals surface area contributed by atoms with Gasteiger partial charge in [-0.2, -0.15) is 15.1 Å². The smallest absolute Gasteiger partial charge is 0.224 e. The summed E-state index contributed by atoms with van der Waals surface area (Å²) in [4.78, 5) is 8.41. The van der Waals surface area contributed by atoms with Gasteiger partial charge in [-0.25, -0.2) is 0 Å². The average molecular weight is 246 g/mol. The Labute approximate surface area is 105 Å². The standard InChI is InChI=1S/C12H18N6/c1-12(2)5-3-4-8(12)15-9-7-6-14-18-10(7)17-11(13)16-9/h6,8H,3-5H2,1-2H3,(H4,13,14,15,16,17,18). The van der Waals surface area contributed by atoms with Gasteiger partial charge in [0.1, 0.15) is 5.82 Å². The maximum atomic E-state index is 5.72. The Morgan fingerprint density at radius 2 is 2.28 bits per heavy atom. The molecule has 0 radical (unpaired) electrons. The molecule has 0 spiro atoms. The van der Waals surface area contributed by atoms with Gasteiger partial charge in [0.05, 0.1) is 11.6 Å². The molecule has 1 aliphatic carbocycles. The molecule has 1 unspecified atom stereocenters. The average Bonchev–Trinajstić information content (AvgIpc) is 2.86. The number of fused-ring (bicyclic) bond motifs is 1. The highest BCUT2D eigenvalue weighted by atomic mass is 15.2. The number of nitrogens with zero attached hydrogens (tertiary/aromatic N) is 3. The number of nitrogens with one attached hydrogen (secondary N) is 2. The molecular formula is C12H18N6. The zero-order valence-electron chi connectivity index (χ0n) is 10.7. The van der Waals surface area contributed by atoms with Crippen LogP contribution in [-0.4, -0.2) is 26.2 Å². The minimum Gasteiger partial charge on any atom is -0.368 e. The van der Waals surface area contributed by atoms with Crippen molar-refractivity contribution < 1.29 is 0 Å². The molecule has 2 aromatic heterocycles. The zero-order valence-corrected chi connectivity index (χ0v) is 10.7. The van der Waals surface area contributed by atoms with E-state index in [2.05, 4.69) is 39.3 Å². The SMILES string of the molecule is CC1(C)CCCC1Nc1nc(N)nc2[nH]ncc12. The van der Waals surface area contributed by atoms with Crippen molar-refractivity contribution in [2.45, 2.75) is 39.2 Å². The second-order valence-corrected chi connectivity index (χ2v) is 5.64. The van der Waals surface area contributed by atoms with Crippen LogP contribution in [0.5, 0.6) is 0 Å². The van der Waals surface area contributed by atoms with Gasteiger partial charge in [0.25, 0.3) is 0 Å². The third-order valence-electron chi connectivity index (χ3n) is 3.90. The first-order chi connectivity index (χ1) is 8.56. The zero-order chi connectivity index (χ0) is 12.8. The van der Waals surface area contributed by atoms with Gasteiger partial charge in [0.15, 0.2) is 5.65 Å². The molecular weight excluding hydrogens is 228 g/mol. The van der Waals surface area contributed by atoms with Crippen molar-refractivity contribution in [3.8, 4) is 0 Å². The Hall–Kier alpha value is -1.85. The van der Waals surface area contributed by atoms with E-state index in [-0.39, 0.29) is 11.4 Å². The summed E-state index contributed by atoms with van der Waals surface area (Å²) in [6, 6.07) is 0.421. The van der Waals surface area contributed by atoms with Crippen LogP contribution in [0.2, 0.25) is 0 Å². The Kier molecular flexibility index (Phi) is 2.39. The second kappa shape index (κ2) is 3.83. The van der Waals surface area contributed by atoms with Crippen LogP contribution in [0.1, 0.15) is 33.1 Å². The molecule has 1 atom stereocenters. The molecule has 1 saturated carbocycles. The first-order valence-corrected chi connectivity index (χ1v) is 6.29. The summed E-state index contributed by atoms with van der Waals surface area (Å²) in [5.74, 6) is 1.05. The van der Waals surface area contributed by atoms with Gasteiger partial charge >= 0.3 is 0 Å². The number of aromatic amines is 1. The fourth-order valence-corrected chi connectivity index (χ4v) is 2.72. The highest BCUT2D eigenvalue weighted by Gasteiger charge is 2.34. The molecule has 4 N–H and O–H groups in total. The van der Waals surface area contributed by atoms with E-state index in [0.29, 0.717) is 11.7 Å². The number of nitrogens with two attached hydrogens (primary N) is 1. The summed E-state index contributed by atoms with van der Waals surface area (Å²) >= 11 is 0. The Bertz CT molecular complexity index is 573. The van der Waals surface area contributed by atoms with E-state index in [1.807, 2.05) is 0 Å². The molecule has 1 fully saturated rings. The van der Waals surface area contributed by atoms with Crippen molar-refractivity contribution >= 4 is 22.8 Å². The van der Waals surface area contributed by atoms with Gasteiger partial charge in [-0.05, 0) is 18.3 Å². The first-order valence-electron chi connectivity index (χ1n) is 6.29. The lowest BCUT2D eigenvalue weighted by molar-refractivity contribution is 0.349. The topological polar surface area (TPSA) is 92.5 Å². The van der Waals surface area contributed by atoms with E-state index in [1.165, 1.54) is 12.8 Å². The predicted octanol–water partition coefficient (Wildman–Crippen LogP) is 1.93. The molecule has 1 aliphatic rings. The lowest BCUT2D eigenvalue weighted by atomic mass is 9.87. The summed E-state index contributed by atoms with van der Waals surface area (Å²) in [6.07, 6.45) is 5.38. The van der Waals surface area contributed by atoms with E-state index in [4.69, 9.17) is 5.73 Å². The lowest BCUT2D eigenvalue weighted by Gasteiger charge is -2.28. The van der Waals surface area contributed by atoms with E-state index < -0.39 is 0 Å². The number of hydrogen-bond donors (Lipinski definition) is 3. The minimum absolute atomic E-state index is 0.269. The van der Waals surface area contributed by atoms with Gasteiger partial charge < -0.3 is 11.1 Å². The Balaban J connectivity index is 1.97. The van der Waals surface area contributed by atoms with Crippen LogP contribution in [-0.2, 0) is 0 Å². The van der Waals surface area contributed by atoms with Gasteiger partial charge in [0.2, 0.25) is 5.95 Å². The summed E-state index contributed by atoms with van der Waals surface area (Å²) < 4.78 is 0. The van der Waals surface area contributed by atoms with Gasteiger partial charge in [-0.3, -0.25) is 5.10 Å². The number of nitrogen functional groups attached to an aromatic ring is 1. The van der Waals surface area contributed by atoms with Crippen LogP contribution < -0.4 is 11.1 Å². The molecule has 0 aliphatic heterocycles. The molecule has 0 bridgehead atoms. The molecule has 0 saturated heterocycles. The van der Waals surface area contributed by atoms with E-state index in [9.17, 15) is 0 Å². The monoisotopic (exact) mass is 246 g/mol. The fraction of sp³-hybridized carbons (Fsp3) is 0.583. The molecule has 2 aromatic rings. The molecule has 0 amide bonds. The van der Waals surface area contributed by atoms with Gasteiger partial charge in [0, 0.05) is 6.04 Å². The van der Waals surface area contributed by atoms with Crippen LogP contribution in [0.4, 0.5) is 11.8 Å². The number of aromatic nitrogens is 4. The molecule has 18 heavy (non-hydrogen) atoms. The van der Waals surface area contributed by atoms with Gasteiger partial charge in [-0.15, -0.1) is 0 Å². The lowest BCUT2D eigenvalue weighted by Crippen LogP contribution is -2.31. The number of hydrogen-bond acceptors (Lipinski definition) is 5. The second-order valence-electron chi connectivity index (χ2n) is 5.64. The van der Waals surface area contributed by atoms with Crippen LogP contribution in [0.25, 0.3) is 11.0 Å². The molecule has 6 nitrogen and oxygen atoms in total. The summed E-state index contributed by atoms with van der Waals surface area (Å²) in [6.45, 7) is 4.57. The minimum atomic E-state index is 0.269. The Morgan fingerprint density at radius 3 is 3.00 bits per heavy atom. The molecule has 3 rings (SSSR count). The van der Waals surface area contributed by atoms with Gasteiger partial charge in [-0.1, -0.05) is 20.3 Å². The van der Waals surface area contributed by atoms with Crippen molar-refractivity contribution in [3.05, 3.63) is 6.20 Å². The van der Waals surface area contributed by atoms with Crippen LogP contribution >= 0.6 is 0 Å². The van der Waals surface area contributed by atoms with Crippen LogP contribution in [0, 0.1) is 5.41 Å². The van der Waals surface area contributed by atoms with Crippen molar-refractivity contribution in [1.29, 1.82) is 0 Å². The molecule has 6 heteroatoms. The summed E-state index contributed by atoms with van der Waals surface area (Å²) in [5.41, 5.74) is 6.68. The van der Waals surface area contributed by atoms with E-state index in [1.54, 1.807) is 6.20 Å². The number of anilines is 2. The van der Waals surface area contributed by atoms with E-state index in [0.717, 1.165) is 17.6 Å². The highest BCUT2D eigenvalue weighted by Crippen LogP contribution is 2.39. The third kappa shape index (κ3) is 1.77. The maximum Gasteiger partial charge on any atom is 0.224 e. The first kappa shape index (κ1) is 11.3. The Morgan fingerprint density at radius 1 is 1.44 bits per heavy atom. The third-order valence-corrected chi connectivity index (χ3v) is 3.90. The molecule has 0 aromatic carbocycles. The fourth-order valence-electron chi connectivity index (χ4n) is 2.72.